The summed E-state index contributed by atoms with van der Waals surface area (Å²) in [5, 5.41) is 20.8. The number of rotatable bonds is 1. The second kappa shape index (κ2) is 4.06. The van der Waals surface area contributed by atoms with Crippen LogP contribution < -0.4 is 0 Å². The van der Waals surface area contributed by atoms with Gasteiger partial charge in [0.25, 0.3) is 0 Å². The van der Waals surface area contributed by atoms with Gasteiger partial charge in [-0.25, -0.2) is 0 Å². The highest BCUT2D eigenvalue weighted by Gasteiger charge is 2.83. The SMILES string of the molecule is C=C1C[C@]23C[C@H]1CC[C@H]2[C@@]12CC[C@H](O)[C@@](C)(C(=O)O1)C2C3C(=O)O. The number of esters is 1. The van der Waals surface area contributed by atoms with E-state index in [2.05, 4.69) is 6.58 Å². The van der Waals surface area contributed by atoms with Gasteiger partial charge in [-0.1, -0.05) is 12.2 Å². The predicted octanol–water partition coefficient (Wildman–Crippen LogP) is 2.14. The molecule has 5 heteroatoms. The van der Waals surface area contributed by atoms with Crippen LogP contribution in [0.4, 0.5) is 0 Å². The molecule has 5 aliphatic rings. The zero-order valence-corrected chi connectivity index (χ0v) is 14.0. The Bertz CT molecular complexity index is 685. The fourth-order valence-electron chi connectivity index (χ4n) is 7.66. The lowest BCUT2D eigenvalue weighted by Gasteiger charge is -2.44. The minimum atomic E-state index is -1.09. The number of carbonyl (C=O) groups is 2. The third-order valence-corrected chi connectivity index (χ3v) is 8.46. The second-order valence-corrected chi connectivity index (χ2v) is 9.07. The van der Waals surface area contributed by atoms with Crippen LogP contribution in [0.2, 0.25) is 0 Å². The Morgan fingerprint density at radius 2 is 2.08 bits per heavy atom. The van der Waals surface area contributed by atoms with Crippen molar-refractivity contribution in [3.05, 3.63) is 12.2 Å². The normalized spacial score (nSPS) is 57.5. The first-order valence-corrected chi connectivity index (χ1v) is 9.09. The molecule has 2 unspecified atom stereocenters. The maximum Gasteiger partial charge on any atom is 0.315 e. The molecule has 130 valence electrons. The Morgan fingerprint density at radius 1 is 1.33 bits per heavy atom. The van der Waals surface area contributed by atoms with Gasteiger partial charge >= 0.3 is 11.9 Å². The summed E-state index contributed by atoms with van der Waals surface area (Å²) in [7, 11) is 0. The smallest absolute Gasteiger partial charge is 0.315 e. The van der Waals surface area contributed by atoms with Crippen LogP contribution in [0.5, 0.6) is 0 Å². The van der Waals surface area contributed by atoms with E-state index < -0.39 is 40.9 Å². The Hall–Kier alpha value is -1.36. The third kappa shape index (κ3) is 1.29. The molecule has 4 saturated carbocycles. The van der Waals surface area contributed by atoms with Crippen molar-refractivity contribution >= 4 is 11.9 Å². The molecular weight excluding hydrogens is 308 g/mol. The molecule has 5 fully saturated rings. The Balaban J connectivity index is 1.76. The maximum atomic E-state index is 12.7. The van der Waals surface area contributed by atoms with Gasteiger partial charge in [-0.05, 0) is 56.8 Å². The summed E-state index contributed by atoms with van der Waals surface area (Å²) in [6.07, 6.45) is 3.81. The average Bonchev–Trinajstić information content (AvgIpc) is 2.98. The van der Waals surface area contributed by atoms with Crippen molar-refractivity contribution in [1.29, 1.82) is 0 Å². The summed E-state index contributed by atoms with van der Waals surface area (Å²) in [6.45, 7) is 5.95. The van der Waals surface area contributed by atoms with Gasteiger partial charge in [-0.3, -0.25) is 9.59 Å². The van der Waals surface area contributed by atoms with Crippen LogP contribution >= 0.6 is 0 Å². The molecule has 0 aromatic carbocycles. The van der Waals surface area contributed by atoms with E-state index in [-0.39, 0.29) is 11.3 Å². The van der Waals surface area contributed by atoms with Crippen LogP contribution in [0, 0.1) is 34.5 Å². The number of fused-ring (bicyclic) bond motifs is 1. The highest BCUT2D eigenvalue weighted by Crippen LogP contribution is 2.77. The summed E-state index contributed by atoms with van der Waals surface area (Å²) < 4.78 is 6.01. The van der Waals surface area contributed by atoms with E-state index in [0.29, 0.717) is 18.8 Å². The average molecular weight is 332 g/mol. The number of allylic oxidation sites excluding steroid dienone is 1. The fourth-order valence-corrected chi connectivity index (χ4v) is 7.66. The minimum absolute atomic E-state index is 0.0878. The fraction of sp³-hybridized carbons (Fsp3) is 0.789. The summed E-state index contributed by atoms with van der Waals surface area (Å²) in [6, 6.07) is 0. The van der Waals surface area contributed by atoms with Crippen molar-refractivity contribution in [3.8, 4) is 0 Å². The van der Waals surface area contributed by atoms with E-state index >= 15 is 0 Å². The predicted molar refractivity (Wildman–Crippen MR) is 83.8 cm³/mol. The number of carboxylic acid groups (broad SMARTS) is 1. The molecule has 4 aliphatic carbocycles. The van der Waals surface area contributed by atoms with Crippen LogP contribution in [-0.2, 0) is 14.3 Å². The largest absolute Gasteiger partial charge is 0.481 e. The quantitative estimate of drug-likeness (QED) is 0.568. The number of hydrogen-bond acceptors (Lipinski definition) is 4. The molecule has 0 radical (unpaired) electrons. The summed E-state index contributed by atoms with van der Waals surface area (Å²) in [4.78, 5) is 25.1. The standard InChI is InChI=1S/C19H24O5/c1-9-7-18-8-10(9)3-4-11(18)19-6-5-12(20)17(2,16(23)24-19)14(19)13(18)15(21)22/h10-14,20H,1,3-8H2,2H3,(H,21,22)/t10-,11-,12+,13?,14?,17-,18+,19-/m1/s1. The number of ether oxygens (including phenoxy) is 1. The minimum Gasteiger partial charge on any atom is -0.481 e. The molecule has 1 saturated heterocycles. The van der Waals surface area contributed by atoms with Crippen molar-refractivity contribution in [1.82, 2.24) is 0 Å². The molecule has 0 aromatic rings. The van der Waals surface area contributed by atoms with E-state index in [9.17, 15) is 19.8 Å². The first kappa shape index (κ1) is 14.9. The zero-order chi connectivity index (χ0) is 17.1. The van der Waals surface area contributed by atoms with Crippen molar-refractivity contribution in [2.45, 2.75) is 57.2 Å². The molecule has 5 rings (SSSR count). The van der Waals surface area contributed by atoms with E-state index in [4.69, 9.17) is 4.74 Å². The number of aliphatic carboxylic acids is 1. The molecule has 24 heavy (non-hydrogen) atoms. The van der Waals surface area contributed by atoms with Gasteiger partial charge in [0, 0.05) is 11.8 Å². The monoisotopic (exact) mass is 332 g/mol. The molecular formula is C19H24O5. The van der Waals surface area contributed by atoms with E-state index in [0.717, 1.165) is 25.7 Å². The number of hydrogen-bond donors (Lipinski definition) is 2. The van der Waals surface area contributed by atoms with Gasteiger partial charge < -0.3 is 14.9 Å². The van der Waals surface area contributed by atoms with E-state index in [1.165, 1.54) is 5.57 Å². The topological polar surface area (TPSA) is 83.8 Å². The molecule has 2 N–H and O–H groups in total. The summed E-state index contributed by atoms with van der Waals surface area (Å²) in [5.74, 6) is -1.78. The van der Waals surface area contributed by atoms with Crippen molar-refractivity contribution in [3.63, 3.8) is 0 Å². The lowest BCUT2D eigenvalue weighted by atomic mass is 9.59. The van der Waals surface area contributed by atoms with Crippen LogP contribution in [0.25, 0.3) is 0 Å². The lowest BCUT2D eigenvalue weighted by Crippen LogP contribution is -2.53. The molecule has 1 heterocycles. The Kier molecular flexibility index (Phi) is 2.53. The van der Waals surface area contributed by atoms with E-state index in [1.807, 2.05) is 0 Å². The molecule has 0 amide bonds. The first-order valence-electron chi connectivity index (χ1n) is 9.09. The van der Waals surface area contributed by atoms with Crippen LogP contribution in [0.1, 0.15) is 45.4 Å². The summed E-state index contributed by atoms with van der Waals surface area (Å²) in [5.41, 5.74) is -0.953. The van der Waals surface area contributed by atoms with Gasteiger partial charge in [0.15, 0.2) is 0 Å². The Labute approximate surface area is 141 Å². The van der Waals surface area contributed by atoms with Crippen LogP contribution in [0.3, 0.4) is 0 Å². The highest BCUT2D eigenvalue weighted by atomic mass is 16.6. The highest BCUT2D eigenvalue weighted by molar-refractivity contribution is 5.85. The second-order valence-electron chi connectivity index (χ2n) is 9.07. The number of aliphatic hydroxyl groups is 1. The van der Waals surface area contributed by atoms with E-state index in [1.54, 1.807) is 6.92 Å². The van der Waals surface area contributed by atoms with Gasteiger partial charge in [0.2, 0.25) is 0 Å². The molecule has 4 bridgehead atoms. The molecule has 5 nitrogen and oxygen atoms in total. The number of aliphatic hydroxyl groups excluding tert-OH is 1. The molecule has 0 aromatic heterocycles. The van der Waals surface area contributed by atoms with Crippen molar-refractivity contribution in [2.75, 3.05) is 0 Å². The molecule has 1 spiro atoms. The van der Waals surface area contributed by atoms with Gasteiger partial charge in [-0.15, -0.1) is 0 Å². The molecule has 8 atom stereocenters. The zero-order valence-electron chi connectivity index (χ0n) is 14.0. The van der Waals surface area contributed by atoms with Crippen molar-refractivity contribution < 1.29 is 24.5 Å². The molecule has 1 aliphatic heterocycles. The van der Waals surface area contributed by atoms with Gasteiger partial charge in [0.1, 0.15) is 5.60 Å². The van der Waals surface area contributed by atoms with Gasteiger partial charge in [-0.2, -0.15) is 0 Å². The maximum absolute atomic E-state index is 12.7. The van der Waals surface area contributed by atoms with Gasteiger partial charge in [0.05, 0.1) is 17.4 Å². The van der Waals surface area contributed by atoms with Crippen molar-refractivity contribution in [2.24, 2.45) is 34.5 Å². The number of carboxylic acids is 1. The van der Waals surface area contributed by atoms with Crippen LogP contribution in [-0.4, -0.2) is 33.9 Å². The Morgan fingerprint density at radius 3 is 2.79 bits per heavy atom. The summed E-state index contributed by atoms with van der Waals surface area (Å²) >= 11 is 0. The van der Waals surface area contributed by atoms with Crippen LogP contribution in [0.15, 0.2) is 12.2 Å². The third-order valence-electron chi connectivity index (χ3n) is 8.46. The number of carbonyl (C=O) groups excluding carboxylic acids is 1. The lowest BCUT2D eigenvalue weighted by molar-refractivity contribution is -0.162. The first-order chi connectivity index (χ1) is 11.3.